The van der Waals surface area contributed by atoms with E-state index in [9.17, 15) is 27.5 Å². The molecule has 1 heterocycles. The van der Waals surface area contributed by atoms with Crippen LogP contribution in [-0.2, 0) is 16.4 Å². The van der Waals surface area contributed by atoms with Crippen molar-refractivity contribution in [1.82, 2.24) is 4.90 Å². The molecule has 7 heteroatoms. The number of rotatable bonds is 6. The summed E-state index contributed by atoms with van der Waals surface area (Å²) >= 11 is 0. The van der Waals surface area contributed by atoms with E-state index >= 15 is 0 Å². The number of aliphatic carboxylic acids is 1. The molecule has 5 rings (SSSR count). The van der Waals surface area contributed by atoms with Crippen molar-refractivity contribution < 1.29 is 27.5 Å². The third kappa shape index (κ3) is 4.96. The molecular weight excluding hydrogens is 494 g/mol. The van der Waals surface area contributed by atoms with Gasteiger partial charge in [0.1, 0.15) is 5.82 Å². The Hall–Kier alpha value is -3.19. The molecule has 0 aromatic heterocycles. The highest BCUT2D eigenvalue weighted by Gasteiger charge is 2.53. The first-order valence-electron chi connectivity index (χ1n) is 13.0. The third-order valence-corrected chi connectivity index (χ3v) is 8.02. The zero-order chi connectivity index (χ0) is 27.2. The predicted molar refractivity (Wildman–Crippen MR) is 138 cm³/mol. The molecule has 3 aromatic rings. The van der Waals surface area contributed by atoms with Crippen LogP contribution in [0.3, 0.4) is 0 Å². The van der Waals surface area contributed by atoms with Gasteiger partial charge >= 0.3 is 12.1 Å². The number of piperidine rings is 1. The summed E-state index contributed by atoms with van der Waals surface area (Å²) < 4.78 is 54.1. The molecule has 38 heavy (non-hydrogen) atoms. The van der Waals surface area contributed by atoms with Crippen molar-refractivity contribution in [3.63, 3.8) is 0 Å². The smallest absolute Gasteiger partial charge is 0.416 e. The highest BCUT2D eigenvalue weighted by molar-refractivity contribution is 5.89. The lowest BCUT2D eigenvalue weighted by Crippen LogP contribution is -2.41. The van der Waals surface area contributed by atoms with Crippen LogP contribution in [0.4, 0.5) is 17.6 Å². The normalized spacial score (nSPS) is 22.2. The number of benzene rings is 3. The summed E-state index contributed by atoms with van der Waals surface area (Å²) in [6.07, 6.45) is -2.45. The second kappa shape index (κ2) is 9.84. The van der Waals surface area contributed by atoms with Crippen molar-refractivity contribution in [3.8, 4) is 11.1 Å². The van der Waals surface area contributed by atoms with Crippen LogP contribution in [0.25, 0.3) is 11.1 Å². The van der Waals surface area contributed by atoms with Crippen molar-refractivity contribution in [2.45, 2.75) is 50.7 Å². The van der Waals surface area contributed by atoms with Crippen LogP contribution in [0.5, 0.6) is 0 Å². The molecule has 2 fully saturated rings. The zero-order valence-corrected chi connectivity index (χ0v) is 21.4. The summed E-state index contributed by atoms with van der Waals surface area (Å²) in [6.45, 7) is 5.99. The van der Waals surface area contributed by atoms with Gasteiger partial charge in [0.15, 0.2) is 0 Å². The van der Waals surface area contributed by atoms with Crippen molar-refractivity contribution in [1.29, 1.82) is 0 Å². The fourth-order valence-corrected chi connectivity index (χ4v) is 6.22. The van der Waals surface area contributed by atoms with Gasteiger partial charge in [0.25, 0.3) is 0 Å². The maximum absolute atomic E-state index is 13.9. The van der Waals surface area contributed by atoms with Gasteiger partial charge < -0.3 is 5.11 Å². The predicted octanol–water partition coefficient (Wildman–Crippen LogP) is 7.70. The zero-order valence-electron chi connectivity index (χ0n) is 21.4. The number of likely N-dealkylation sites (tertiary alicyclic amines) is 1. The number of carboxylic acids is 1. The molecule has 2 aliphatic rings. The first-order valence-corrected chi connectivity index (χ1v) is 13.0. The lowest BCUT2D eigenvalue weighted by molar-refractivity contribution is -0.140. The van der Waals surface area contributed by atoms with Crippen LogP contribution in [-0.4, -0.2) is 29.1 Å². The van der Waals surface area contributed by atoms with E-state index in [0.29, 0.717) is 41.4 Å². The highest BCUT2D eigenvalue weighted by Crippen LogP contribution is 2.53. The number of alkyl halides is 3. The lowest BCUT2D eigenvalue weighted by atomic mass is 9.80. The van der Waals surface area contributed by atoms with E-state index in [0.717, 1.165) is 42.8 Å². The van der Waals surface area contributed by atoms with E-state index in [4.69, 9.17) is 0 Å². The van der Waals surface area contributed by atoms with E-state index in [-0.39, 0.29) is 11.9 Å². The quantitative estimate of drug-likeness (QED) is 0.335. The topological polar surface area (TPSA) is 40.5 Å². The Morgan fingerprint density at radius 1 is 0.947 bits per heavy atom. The van der Waals surface area contributed by atoms with Crippen LogP contribution in [0.15, 0.2) is 66.7 Å². The molecule has 0 spiro atoms. The fourth-order valence-electron chi connectivity index (χ4n) is 6.22. The monoisotopic (exact) mass is 525 g/mol. The number of nitrogens with zero attached hydrogens (tertiary/aromatic N) is 1. The van der Waals surface area contributed by atoms with Gasteiger partial charge in [-0.25, -0.2) is 4.39 Å². The standard InChI is InChI=1S/C31H31F4NO2/c1-19-16-20(2)18-36(17-19)28(22-8-12-24(32)13-9-22)25-4-3-5-26(30(14-15-30)29(37)38)27(25)21-6-10-23(11-7-21)31(33,34)35/h3-13,19-20,28H,14-18H2,1-2H3,(H,37,38). The van der Waals surface area contributed by atoms with Crippen molar-refractivity contribution in [3.05, 3.63) is 94.8 Å². The number of halogens is 4. The molecule has 0 bridgehead atoms. The van der Waals surface area contributed by atoms with Crippen LogP contribution in [0, 0.1) is 17.7 Å². The molecule has 1 N–H and O–H groups in total. The maximum atomic E-state index is 13.9. The summed E-state index contributed by atoms with van der Waals surface area (Å²) in [5.74, 6) is -0.435. The maximum Gasteiger partial charge on any atom is 0.416 e. The van der Waals surface area contributed by atoms with E-state index in [1.807, 2.05) is 12.1 Å². The minimum Gasteiger partial charge on any atom is -0.481 e. The molecule has 3 nitrogen and oxygen atoms in total. The molecule has 0 amide bonds. The van der Waals surface area contributed by atoms with Gasteiger partial charge in [0.2, 0.25) is 0 Å². The number of hydrogen-bond donors (Lipinski definition) is 1. The highest BCUT2D eigenvalue weighted by atomic mass is 19.4. The Labute approximate surface area is 220 Å². The number of carbonyl (C=O) groups is 1. The third-order valence-electron chi connectivity index (χ3n) is 8.02. The average molecular weight is 526 g/mol. The van der Waals surface area contributed by atoms with Gasteiger partial charge in [-0.15, -0.1) is 0 Å². The van der Waals surface area contributed by atoms with Crippen LogP contribution in [0.2, 0.25) is 0 Å². The van der Waals surface area contributed by atoms with Gasteiger partial charge in [0.05, 0.1) is 17.0 Å². The van der Waals surface area contributed by atoms with Crippen molar-refractivity contribution in [2.75, 3.05) is 13.1 Å². The summed E-state index contributed by atoms with van der Waals surface area (Å²) in [5.41, 5.74) is 1.67. The minimum absolute atomic E-state index is 0.317. The summed E-state index contributed by atoms with van der Waals surface area (Å²) in [4.78, 5) is 14.8. The van der Waals surface area contributed by atoms with E-state index < -0.39 is 23.1 Å². The SMILES string of the molecule is CC1CC(C)CN(C(c2ccc(F)cc2)c2cccc(C3(C(=O)O)CC3)c2-c2ccc(C(F)(F)F)cc2)C1. The molecule has 1 saturated heterocycles. The number of hydrogen-bond acceptors (Lipinski definition) is 2. The van der Waals surface area contributed by atoms with E-state index in [1.54, 1.807) is 18.2 Å². The molecule has 200 valence electrons. The number of carboxylic acid groups (broad SMARTS) is 1. The van der Waals surface area contributed by atoms with Gasteiger partial charge in [-0.1, -0.05) is 56.3 Å². The molecule has 1 saturated carbocycles. The molecule has 0 radical (unpaired) electrons. The van der Waals surface area contributed by atoms with Crippen LogP contribution < -0.4 is 0 Å². The van der Waals surface area contributed by atoms with Gasteiger partial charge in [-0.2, -0.15) is 13.2 Å². The Morgan fingerprint density at radius 2 is 1.55 bits per heavy atom. The fraction of sp³-hybridized carbons (Fsp3) is 0.387. The van der Waals surface area contributed by atoms with Crippen LogP contribution in [0.1, 0.15) is 61.4 Å². The summed E-state index contributed by atoms with van der Waals surface area (Å²) in [6, 6.07) is 16.6. The molecule has 3 aromatic carbocycles. The Balaban J connectivity index is 1.74. The van der Waals surface area contributed by atoms with Gasteiger partial charge in [-0.05, 0) is 83.2 Å². The second-order valence-electron chi connectivity index (χ2n) is 11.1. The molecular formula is C31H31F4NO2. The first-order chi connectivity index (χ1) is 18.0. The van der Waals surface area contributed by atoms with Gasteiger partial charge in [-0.3, -0.25) is 9.69 Å². The molecule has 1 aliphatic heterocycles. The average Bonchev–Trinajstić information content (AvgIpc) is 3.67. The van der Waals surface area contributed by atoms with Crippen molar-refractivity contribution in [2.24, 2.45) is 11.8 Å². The Morgan fingerprint density at radius 3 is 2.08 bits per heavy atom. The molecule has 1 aliphatic carbocycles. The van der Waals surface area contributed by atoms with E-state index in [1.165, 1.54) is 24.3 Å². The molecule has 3 atom stereocenters. The second-order valence-corrected chi connectivity index (χ2v) is 11.1. The van der Waals surface area contributed by atoms with Crippen LogP contribution >= 0.6 is 0 Å². The lowest BCUT2D eigenvalue weighted by Gasteiger charge is -2.41. The summed E-state index contributed by atoms with van der Waals surface area (Å²) in [7, 11) is 0. The largest absolute Gasteiger partial charge is 0.481 e. The minimum atomic E-state index is -4.48. The van der Waals surface area contributed by atoms with Crippen molar-refractivity contribution >= 4 is 5.97 Å². The molecule has 3 unspecified atom stereocenters. The first kappa shape index (κ1) is 26.4. The van der Waals surface area contributed by atoms with Gasteiger partial charge in [0, 0.05) is 13.1 Å². The Bertz CT molecular complexity index is 1300. The Kier molecular flexibility index (Phi) is 6.84. The summed E-state index contributed by atoms with van der Waals surface area (Å²) in [5, 5.41) is 10.2. The van der Waals surface area contributed by atoms with E-state index in [2.05, 4.69) is 18.7 Å².